The Hall–Kier alpha value is -0.910. The van der Waals surface area contributed by atoms with Crippen molar-refractivity contribution in [1.82, 2.24) is 9.97 Å². The van der Waals surface area contributed by atoms with E-state index >= 15 is 0 Å². The number of rotatable bonds is 3. The molecule has 0 saturated heterocycles. The summed E-state index contributed by atoms with van der Waals surface area (Å²) in [5.74, 6) is 0.659. The van der Waals surface area contributed by atoms with Crippen molar-refractivity contribution in [3.63, 3.8) is 0 Å². The van der Waals surface area contributed by atoms with Crippen LogP contribution >= 0.6 is 22.9 Å². The number of anilines is 1. The predicted octanol–water partition coefficient (Wildman–Crippen LogP) is 2.92. The fraction of sp³-hybridized carbons (Fsp3) is 0.455. The van der Waals surface area contributed by atoms with E-state index in [0.717, 1.165) is 10.2 Å². The fourth-order valence-corrected chi connectivity index (χ4v) is 2.32. The number of aliphatic hydroxyl groups is 1. The number of hydrogen-bond acceptors (Lipinski definition) is 5. The highest BCUT2D eigenvalue weighted by Crippen LogP contribution is 2.28. The van der Waals surface area contributed by atoms with Crippen LogP contribution in [0.5, 0.6) is 0 Å². The molecule has 2 aromatic heterocycles. The van der Waals surface area contributed by atoms with Gasteiger partial charge >= 0.3 is 0 Å². The van der Waals surface area contributed by atoms with Crippen LogP contribution in [0.15, 0.2) is 11.4 Å². The Morgan fingerprint density at radius 3 is 2.82 bits per heavy atom. The summed E-state index contributed by atoms with van der Waals surface area (Å²) in [5, 5.41) is 16.0. The molecule has 0 saturated carbocycles. The van der Waals surface area contributed by atoms with Crippen molar-refractivity contribution in [2.75, 3.05) is 5.32 Å². The van der Waals surface area contributed by atoms with E-state index in [-0.39, 0.29) is 5.28 Å². The first-order valence-electron chi connectivity index (χ1n) is 5.27. The maximum absolute atomic E-state index is 9.70. The van der Waals surface area contributed by atoms with Gasteiger partial charge in [-0.05, 0) is 43.8 Å². The second-order valence-corrected chi connectivity index (χ2v) is 5.74. The largest absolute Gasteiger partial charge is 0.391 e. The number of hydrogen-bond donors (Lipinski definition) is 2. The molecule has 2 heterocycles. The number of aliphatic hydroxyl groups excluding tert-OH is 1. The number of nitrogens with zero attached hydrogens (tertiary/aromatic N) is 2. The number of aromatic nitrogens is 2. The molecule has 1 unspecified atom stereocenters. The zero-order valence-electron chi connectivity index (χ0n) is 9.86. The summed E-state index contributed by atoms with van der Waals surface area (Å²) in [4.78, 5) is 9.16. The number of fused-ring (bicyclic) bond motifs is 1. The van der Waals surface area contributed by atoms with E-state index in [0.29, 0.717) is 5.82 Å². The molecule has 0 spiro atoms. The Labute approximate surface area is 109 Å². The zero-order chi connectivity index (χ0) is 12.6. The van der Waals surface area contributed by atoms with Gasteiger partial charge in [0.2, 0.25) is 5.28 Å². The van der Waals surface area contributed by atoms with Crippen molar-refractivity contribution in [3.05, 3.63) is 16.7 Å². The van der Waals surface area contributed by atoms with Crippen LogP contribution in [0, 0.1) is 0 Å². The van der Waals surface area contributed by atoms with E-state index in [1.165, 1.54) is 11.3 Å². The smallest absolute Gasteiger partial charge is 0.225 e. The second kappa shape index (κ2) is 4.40. The van der Waals surface area contributed by atoms with Gasteiger partial charge in [0, 0.05) is 0 Å². The van der Waals surface area contributed by atoms with E-state index < -0.39 is 11.6 Å². The molecule has 6 heteroatoms. The molecule has 0 bridgehead atoms. The van der Waals surface area contributed by atoms with Gasteiger partial charge in [0.15, 0.2) is 0 Å². The third kappa shape index (κ3) is 2.51. The Kier molecular flexibility index (Phi) is 3.25. The van der Waals surface area contributed by atoms with Crippen molar-refractivity contribution in [2.45, 2.75) is 32.4 Å². The second-order valence-electron chi connectivity index (χ2n) is 4.50. The third-order valence-corrected chi connectivity index (χ3v) is 3.76. The Balaban J connectivity index is 2.45. The predicted molar refractivity (Wildman–Crippen MR) is 71.8 cm³/mol. The first-order chi connectivity index (χ1) is 7.90. The lowest BCUT2D eigenvalue weighted by Gasteiger charge is -2.30. The Morgan fingerprint density at radius 2 is 2.18 bits per heavy atom. The lowest BCUT2D eigenvalue weighted by Crippen LogP contribution is -2.42. The summed E-state index contributed by atoms with van der Waals surface area (Å²) >= 11 is 7.38. The SMILES string of the molecule is CC(O)C(C)(C)Nc1nc(Cl)nc2sccc12. The monoisotopic (exact) mass is 271 g/mol. The Morgan fingerprint density at radius 1 is 1.47 bits per heavy atom. The molecule has 2 rings (SSSR count). The number of nitrogens with one attached hydrogen (secondary N) is 1. The minimum atomic E-state index is -0.509. The molecule has 0 fully saturated rings. The van der Waals surface area contributed by atoms with Gasteiger partial charge in [-0.3, -0.25) is 0 Å². The molecule has 4 nitrogen and oxygen atoms in total. The highest BCUT2D eigenvalue weighted by Gasteiger charge is 2.25. The van der Waals surface area contributed by atoms with E-state index in [1.807, 2.05) is 25.3 Å². The van der Waals surface area contributed by atoms with Gasteiger partial charge in [-0.2, -0.15) is 0 Å². The van der Waals surface area contributed by atoms with E-state index in [4.69, 9.17) is 11.6 Å². The highest BCUT2D eigenvalue weighted by molar-refractivity contribution is 7.16. The van der Waals surface area contributed by atoms with Gasteiger partial charge < -0.3 is 10.4 Å². The number of halogens is 1. The van der Waals surface area contributed by atoms with Crippen molar-refractivity contribution >= 4 is 39.0 Å². The van der Waals surface area contributed by atoms with E-state index in [2.05, 4.69) is 15.3 Å². The number of thiophene rings is 1. The molecule has 92 valence electrons. The van der Waals surface area contributed by atoms with Crippen LogP contribution < -0.4 is 5.32 Å². The van der Waals surface area contributed by atoms with Crippen molar-refractivity contribution in [1.29, 1.82) is 0 Å². The van der Waals surface area contributed by atoms with Gasteiger partial charge in [0.05, 0.1) is 17.0 Å². The fourth-order valence-electron chi connectivity index (χ4n) is 1.33. The quantitative estimate of drug-likeness (QED) is 0.843. The molecule has 0 aliphatic heterocycles. The molecule has 1 atom stereocenters. The van der Waals surface area contributed by atoms with E-state index in [9.17, 15) is 5.11 Å². The lowest BCUT2D eigenvalue weighted by molar-refractivity contribution is 0.133. The zero-order valence-corrected chi connectivity index (χ0v) is 11.4. The van der Waals surface area contributed by atoms with Crippen molar-refractivity contribution in [2.24, 2.45) is 0 Å². The summed E-state index contributed by atoms with van der Waals surface area (Å²) in [6, 6.07) is 1.94. The molecule has 0 aliphatic carbocycles. The standard InChI is InChI=1S/C11H14ClN3OS/c1-6(16)11(2,3)15-8-7-4-5-17-9(7)14-10(12)13-8/h4-6,16H,1-3H3,(H,13,14,15). The molecular weight excluding hydrogens is 258 g/mol. The third-order valence-electron chi connectivity index (χ3n) is 2.78. The van der Waals surface area contributed by atoms with Gasteiger partial charge in [-0.15, -0.1) is 11.3 Å². The van der Waals surface area contributed by atoms with Gasteiger partial charge in [-0.1, -0.05) is 0 Å². The normalized spacial score (nSPS) is 13.9. The molecule has 0 aromatic carbocycles. The summed E-state index contributed by atoms with van der Waals surface area (Å²) in [5.41, 5.74) is -0.480. The molecule has 2 N–H and O–H groups in total. The average molecular weight is 272 g/mol. The van der Waals surface area contributed by atoms with Crippen LogP contribution in [0.4, 0.5) is 5.82 Å². The lowest BCUT2D eigenvalue weighted by atomic mass is 9.99. The maximum Gasteiger partial charge on any atom is 0.225 e. The van der Waals surface area contributed by atoms with Gasteiger partial charge in [0.25, 0.3) is 0 Å². The summed E-state index contributed by atoms with van der Waals surface area (Å²) in [7, 11) is 0. The minimum Gasteiger partial charge on any atom is -0.391 e. The molecule has 17 heavy (non-hydrogen) atoms. The first-order valence-corrected chi connectivity index (χ1v) is 6.53. The first kappa shape index (κ1) is 12.5. The van der Waals surface area contributed by atoms with Crippen LogP contribution in [0.3, 0.4) is 0 Å². The van der Waals surface area contributed by atoms with Crippen LogP contribution in [-0.4, -0.2) is 26.7 Å². The van der Waals surface area contributed by atoms with Gasteiger partial charge in [-0.25, -0.2) is 9.97 Å². The Bertz CT molecular complexity index is 538. The molecule has 0 aliphatic rings. The van der Waals surface area contributed by atoms with Crippen LogP contribution in [0.1, 0.15) is 20.8 Å². The topological polar surface area (TPSA) is 58.0 Å². The summed E-state index contributed by atoms with van der Waals surface area (Å²) < 4.78 is 0. The van der Waals surface area contributed by atoms with Crippen molar-refractivity contribution in [3.8, 4) is 0 Å². The van der Waals surface area contributed by atoms with Crippen LogP contribution in [0.25, 0.3) is 10.2 Å². The molecule has 2 aromatic rings. The average Bonchev–Trinajstić information content (AvgIpc) is 2.64. The molecular formula is C11H14ClN3OS. The van der Waals surface area contributed by atoms with Crippen LogP contribution in [0.2, 0.25) is 5.28 Å². The maximum atomic E-state index is 9.70. The van der Waals surface area contributed by atoms with Crippen molar-refractivity contribution < 1.29 is 5.11 Å². The summed E-state index contributed by atoms with van der Waals surface area (Å²) in [6.45, 7) is 5.55. The summed E-state index contributed by atoms with van der Waals surface area (Å²) in [6.07, 6.45) is -0.509. The highest BCUT2D eigenvalue weighted by atomic mass is 35.5. The minimum absolute atomic E-state index is 0.212. The van der Waals surface area contributed by atoms with Gasteiger partial charge in [0.1, 0.15) is 10.6 Å². The van der Waals surface area contributed by atoms with E-state index in [1.54, 1.807) is 6.92 Å². The molecule has 0 amide bonds. The molecule has 0 radical (unpaired) electrons. The van der Waals surface area contributed by atoms with Crippen LogP contribution in [-0.2, 0) is 0 Å².